The number of hydrogen-bond donors (Lipinski definition) is 0. The summed E-state index contributed by atoms with van der Waals surface area (Å²) in [5, 5.41) is 0. The maximum atomic E-state index is 2.69. The lowest BCUT2D eigenvalue weighted by molar-refractivity contribution is -0.786. The Morgan fingerprint density at radius 2 is 1.33 bits per heavy atom. The molecule has 2 aromatic heterocycles. The van der Waals surface area contributed by atoms with Gasteiger partial charge in [0, 0.05) is 54.5 Å². The van der Waals surface area contributed by atoms with Gasteiger partial charge in [-0.15, -0.1) is 0 Å². The number of aromatic nitrogens is 2. The van der Waals surface area contributed by atoms with Crippen molar-refractivity contribution in [1.29, 1.82) is 0 Å². The summed E-state index contributed by atoms with van der Waals surface area (Å²) in [5.41, 5.74) is 13.7. The molecule has 232 valence electrons. The zero-order valence-corrected chi connectivity index (χ0v) is 28.5. The van der Waals surface area contributed by atoms with Crippen LogP contribution in [-0.2, 0) is 17.5 Å². The molecule has 0 saturated heterocycles. The van der Waals surface area contributed by atoms with Gasteiger partial charge in [0.1, 0.15) is 6.54 Å². The molecule has 46 heavy (non-hydrogen) atoms. The van der Waals surface area contributed by atoms with Crippen molar-refractivity contribution in [2.45, 2.75) is 84.7 Å². The standard InChI is InChI=1S/C44H48N2/c1-7-43(6)41-40(36-23-14-15-24-37(36)42(41,4)5)38-25-16-17-29-46(38)44(43,8-2)27-18-28-45-30-26-34(33-20-10-9-11-21-33)31-39(45)35-22-13-12-19-32(35)3/h9-17,19-26,29-31H,7-8,18,27-28H2,1-6H3/q+2. The highest BCUT2D eigenvalue weighted by Crippen LogP contribution is 2.63. The molecule has 2 aliphatic rings. The van der Waals surface area contributed by atoms with E-state index in [1.54, 1.807) is 5.57 Å². The third-order valence-electron chi connectivity index (χ3n) is 11.7. The molecule has 2 unspecified atom stereocenters. The largest absolute Gasteiger partial charge is 0.213 e. The second kappa shape index (κ2) is 11.5. The highest BCUT2D eigenvalue weighted by atomic mass is 15.1. The summed E-state index contributed by atoms with van der Waals surface area (Å²) in [6, 6.07) is 40.3. The second-order valence-corrected chi connectivity index (χ2v) is 14.2. The number of fused-ring (bicyclic) bond motifs is 4. The minimum Gasteiger partial charge on any atom is -0.198 e. The number of aryl methyl sites for hydroxylation is 2. The zero-order chi connectivity index (χ0) is 32.1. The van der Waals surface area contributed by atoms with Crippen LogP contribution in [0.1, 0.15) is 82.7 Å². The van der Waals surface area contributed by atoms with Crippen LogP contribution >= 0.6 is 0 Å². The lowest BCUT2D eigenvalue weighted by atomic mass is 9.54. The highest BCUT2D eigenvalue weighted by molar-refractivity contribution is 5.89. The van der Waals surface area contributed by atoms with Crippen LogP contribution in [0.15, 0.2) is 127 Å². The van der Waals surface area contributed by atoms with E-state index in [1.165, 1.54) is 50.3 Å². The van der Waals surface area contributed by atoms with Gasteiger partial charge in [-0.1, -0.05) is 100 Å². The van der Waals surface area contributed by atoms with Crippen molar-refractivity contribution in [3.63, 3.8) is 0 Å². The van der Waals surface area contributed by atoms with Crippen LogP contribution in [0.4, 0.5) is 0 Å². The van der Waals surface area contributed by atoms with Gasteiger partial charge in [0.05, 0.1) is 11.0 Å². The smallest absolute Gasteiger partial charge is 0.198 e. The van der Waals surface area contributed by atoms with Crippen molar-refractivity contribution in [3.8, 4) is 22.4 Å². The van der Waals surface area contributed by atoms with Crippen molar-refractivity contribution in [3.05, 3.63) is 150 Å². The summed E-state index contributed by atoms with van der Waals surface area (Å²) in [7, 11) is 0. The van der Waals surface area contributed by atoms with E-state index in [9.17, 15) is 0 Å². The van der Waals surface area contributed by atoms with Crippen LogP contribution in [0.3, 0.4) is 0 Å². The molecule has 1 aliphatic carbocycles. The van der Waals surface area contributed by atoms with Crippen LogP contribution in [0, 0.1) is 12.3 Å². The van der Waals surface area contributed by atoms with Gasteiger partial charge in [-0.05, 0) is 65.8 Å². The molecule has 2 heteroatoms. The van der Waals surface area contributed by atoms with Crippen LogP contribution in [0.5, 0.6) is 0 Å². The first-order valence-corrected chi connectivity index (χ1v) is 17.3. The van der Waals surface area contributed by atoms with Gasteiger partial charge >= 0.3 is 0 Å². The van der Waals surface area contributed by atoms with E-state index in [4.69, 9.17) is 0 Å². The molecule has 0 amide bonds. The number of hydrogen-bond acceptors (Lipinski definition) is 0. The van der Waals surface area contributed by atoms with Gasteiger partial charge in [-0.25, -0.2) is 0 Å². The van der Waals surface area contributed by atoms with Crippen LogP contribution in [0.2, 0.25) is 0 Å². The Morgan fingerprint density at radius 1 is 0.630 bits per heavy atom. The molecule has 2 nitrogen and oxygen atoms in total. The number of nitrogens with zero attached hydrogens (tertiary/aromatic N) is 2. The number of pyridine rings is 2. The van der Waals surface area contributed by atoms with Crippen molar-refractivity contribution < 1.29 is 9.13 Å². The predicted molar refractivity (Wildman–Crippen MR) is 190 cm³/mol. The molecule has 3 heterocycles. The van der Waals surface area contributed by atoms with Crippen molar-refractivity contribution in [2.75, 3.05) is 0 Å². The Morgan fingerprint density at radius 3 is 2.07 bits per heavy atom. The maximum absolute atomic E-state index is 2.69. The van der Waals surface area contributed by atoms with Crippen LogP contribution in [-0.4, -0.2) is 0 Å². The first-order chi connectivity index (χ1) is 22.3. The molecular formula is C44H48N2+2. The monoisotopic (exact) mass is 604 g/mol. The molecule has 7 rings (SSSR count). The quantitative estimate of drug-likeness (QED) is 0.156. The van der Waals surface area contributed by atoms with Gasteiger partial charge in [-0.3, -0.25) is 0 Å². The van der Waals surface area contributed by atoms with E-state index in [2.05, 4.69) is 172 Å². The van der Waals surface area contributed by atoms with E-state index < -0.39 is 0 Å². The van der Waals surface area contributed by atoms with Gasteiger partial charge in [0.15, 0.2) is 17.9 Å². The predicted octanol–water partition coefficient (Wildman–Crippen LogP) is 10.0. The van der Waals surface area contributed by atoms with E-state index in [0.29, 0.717) is 0 Å². The summed E-state index contributed by atoms with van der Waals surface area (Å²) in [6.45, 7) is 15.6. The van der Waals surface area contributed by atoms with Gasteiger partial charge in [-0.2, -0.15) is 9.13 Å². The SMILES string of the molecule is CCC1(C)C2=C(c3ccccc3C2(C)C)c2cccc[n+]2C1(CC)CCC[n+]1ccc(-c2ccccc2)cc1-c1ccccc1C. The molecule has 0 N–H and O–H groups in total. The fraction of sp³-hybridized carbons (Fsp3) is 0.318. The first kappa shape index (κ1) is 30.4. The van der Waals surface area contributed by atoms with Gasteiger partial charge in [0.2, 0.25) is 11.4 Å². The Bertz CT molecular complexity index is 1950. The Kier molecular flexibility index (Phi) is 7.59. The zero-order valence-electron chi connectivity index (χ0n) is 28.5. The average molecular weight is 605 g/mol. The van der Waals surface area contributed by atoms with Crippen molar-refractivity contribution in [1.82, 2.24) is 0 Å². The third-order valence-corrected chi connectivity index (χ3v) is 11.7. The summed E-state index contributed by atoms with van der Waals surface area (Å²) >= 11 is 0. The van der Waals surface area contributed by atoms with Gasteiger partial charge < -0.3 is 0 Å². The normalized spacial score (nSPS) is 21.1. The minimum absolute atomic E-state index is 0.000690. The molecule has 0 fully saturated rings. The third kappa shape index (κ3) is 4.44. The number of rotatable bonds is 8. The topological polar surface area (TPSA) is 7.76 Å². The molecule has 3 aromatic carbocycles. The minimum atomic E-state index is -0.0378. The van der Waals surface area contributed by atoms with Crippen molar-refractivity contribution >= 4 is 5.57 Å². The first-order valence-electron chi connectivity index (χ1n) is 17.3. The average Bonchev–Trinajstić information content (AvgIpc) is 3.34. The summed E-state index contributed by atoms with van der Waals surface area (Å²) in [6.07, 6.45) is 9.09. The van der Waals surface area contributed by atoms with E-state index >= 15 is 0 Å². The van der Waals surface area contributed by atoms with Crippen molar-refractivity contribution in [2.24, 2.45) is 5.41 Å². The number of benzene rings is 3. The summed E-state index contributed by atoms with van der Waals surface area (Å²) in [5.74, 6) is 0. The molecule has 5 aromatic rings. The fourth-order valence-corrected chi connectivity index (χ4v) is 9.39. The molecule has 0 bridgehead atoms. The lowest BCUT2D eigenvalue weighted by Crippen LogP contribution is -2.69. The van der Waals surface area contributed by atoms with E-state index in [0.717, 1.165) is 32.2 Å². The molecule has 1 aliphatic heterocycles. The van der Waals surface area contributed by atoms with E-state index in [1.807, 2.05) is 0 Å². The fourth-order valence-electron chi connectivity index (χ4n) is 9.39. The second-order valence-electron chi connectivity index (χ2n) is 14.2. The van der Waals surface area contributed by atoms with E-state index in [-0.39, 0.29) is 16.4 Å². The maximum Gasteiger partial charge on any atom is 0.213 e. The van der Waals surface area contributed by atoms with Crippen LogP contribution < -0.4 is 9.13 Å². The molecule has 0 radical (unpaired) electrons. The van der Waals surface area contributed by atoms with Gasteiger partial charge in [0.25, 0.3) is 0 Å². The highest BCUT2D eigenvalue weighted by Gasteiger charge is 2.64. The Labute approximate surface area is 276 Å². The molecular weight excluding hydrogens is 556 g/mol. The Hall–Kier alpha value is -4.30. The summed E-state index contributed by atoms with van der Waals surface area (Å²) in [4.78, 5) is 0. The lowest BCUT2D eigenvalue weighted by Gasteiger charge is -2.51. The molecule has 2 atom stereocenters. The number of allylic oxidation sites excluding steroid dienone is 1. The molecule has 0 spiro atoms. The molecule has 0 saturated carbocycles. The Balaban J connectivity index is 1.31. The van der Waals surface area contributed by atoms with Crippen LogP contribution in [0.25, 0.3) is 28.0 Å². The summed E-state index contributed by atoms with van der Waals surface area (Å²) < 4.78 is 5.19.